The van der Waals surface area contributed by atoms with E-state index in [4.69, 9.17) is 17.2 Å². The summed E-state index contributed by atoms with van der Waals surface area (Å²) in [5, 5.41) is 7.79. The van der Waals surface area contributed by atoms with Crippen LogP contribution in [0.1, 0.15) is 30.7 Å². The van der Waals surface area contributed by atoms with E-state index in [1.807, 2.05) is 22.8 Å². The van der Waals surface area contributed by atoms with Gasteiger partial charge in [-0.15, -0.1) is 0 Å². The van der Waals surface area contributed by atoms with Crippen LogP contribution >= 0.6 is 12.2 Å². The van der Waals surface area contributed by atoms with Gasteiger partial charge in [0.1, 0.15) is 5.82 Å². The minimum Gasteiger partial charge on any atom is -0.361 e. The van der Waals surface area contributed by atoms with Crippen LogP contribution in [0.4, 0.5) is 5.69 Å². The van der Waals surface area contributed by atoms with Gasteiger partial charge in [-0.3, -0.25) is 19.2 Å². The Hall–Kier alpha value is -2.81. The van der Waals surface area contributed by atoms with Crippen LogP contribution in [0.5, 0.6) is 0 Å². The van der Waals surface area contributed by atoms with Gasteiger partial charge in [0, 0.05) is 64.5 Å². The van der Waals surface area contributed by atoms with Gasteiger partial charge < -0.3 is 10.6 Å². The van der Waals surface area contributed by atoms with E-state index in [9.17, 15) is 4.79 Å². The molecule has 1 saturated heterocycles. The highest BCUT2D eigenvalue weighted by Gasteiger charge is 2.17. The maximum Gasteiger partial charge on any atom is 0.261 e. The maximum atomic E-state index is 13.1. The highest BCUT2D eigenvalue weighted by molar-refractivity contribution is 7.80. The van der Waals surface area contributed by atoms with E-state index in [1.54, 1.807) is 0 Å². The lowest BCUT2D eigenvalue weighted by Gasteiger charge is -2.34. The minimum absolute atomic E-state index is 0.0563. The summed E-state index contributed by atoms with van der Waals surface area (Å²) in [6.45, 7) is 7.83. The van der Waals surface area contributed by atoms with Crippen LogP contribution in [0.3, 0.4) is 0 Å². The van der Waals surface area contributed by atoms with Crippen molar-refractivity contribution in [3.05, 3.63) is 70.3 Å². The third kappa shape index (κ3) is 6.07. The molecule has 5 rings (SSSR count). The molecule has 2 aliphatic rings. The van der Waals surface area contributed by atoms with Crippen molar-refractivity contribution in [3.63, 3.8) is 0 Å². The van der Waals surface area contributed by atoms with Crippen LogP contribution < -0.4 is 16.2 Å². The zero-order chi connectivity index (χ0) is 24.0. The molecule has 8 heteroatoms. The van der Waals surface area contributed by atoms with E-state index < -0.39 is 0 Å². The molecule has 3 heterocycles. The van der Waals surface area contributed by atoms with Crippen molar-refractivity contribution in [2.75, 3.05) is 44.6 Å². The number of nitrogens with one attached hydrogen (secondary N) is 2. The zero-order valence-corrected chi connectivity index (χ0v) is 21.0. The third-order valence-corrected chi connectivity index (χ3v) is 7.25. The molecular weight excluding hydrogens is 456 g/mol. The summed E-state index contributed by atoms with van der Waals surface area (Å²) >= 11 is 5.52. The van der Waals surface area contributed by atoms with E-state index in [1.165, 1.54) is 5.56 Å². The number of thiocarbonyl (C=S) groups is 1. The number of aryl methyl sites for hydroxylation is 1. The van der Waals surface area contributed by atoms with Gasteiger partial charge in [0.05, 0.1) is 10.9 Å². The van der Waals surface area contributed by atoms with E-state index >= 15 is 0 Å². The zero-order valence-electron chi connectivity index (χ0n) is 20.2. The molecular formula is C27H34N6OS. The van der Waals surface area contributed by atoms with Crippen molar-refractivity contribution in [1.29, 1.82) is 0 Å². The Morgan fingerprint density at radius 2 is 1.74 bits per heavy atom. The standard InChI is InChI=1S/C27H34N6OS/c34-26-23-19-22(10-11-24(23)30-25-9-5-2-6-13-33(25)26)29-27(35)28-12-14-31-15-17-32(18-16-31)20-21-7-3-1-4-8-21/h1,3-4,7-8,10-11,19H,2,5-6,9,12-18,20H2,(H2,28,29,35). The minimum atomic E-state index is 0.0563. The molecule has 184 valence electrons. The number of hydrogen-bond acceptors (Lipinski definition) is 5. The Bertz CT molecular complexity index is 1220. The van der Waals surface area contributed by atoms with Gasteiger partial charge in [0.25, 0.3) is 5.56 Å². The van der Waals surface area contributed by atoms with Crippen LogP contribution in [0.2, 0.25) is 0 Å². The van der Waals surface area contributed by atoms with Crippen molar-refractivity contribution >= 4 is 33.9 Å². The monoisotopic (exact) mass is 490 g/mol. The van der Waals surface area contributed by atoms with Crippen LogP contribution in [0.15, 0.2) is 53.3 Å². The van der Waals surface area contributed by atoms with Gasteiger partial charge in [-0.2, -0.15) is 0 Å². The van der Waals surface area contributed by atoms with Gasteiger partial charge >= 0.3 is 0 Å². The Balaban J connectivity index is 1.10. The van der Waals surface area contributed by atoms with Gasteiger partial charge in [-0.25, -0.2) is 4.98 Å². The summed E-state index contributed by atoms with van der Waals surface area (Å²) in [7, 11) is 0. The predicted molar refractivity (Wildman–Crippen MR) is 146 cm³/mol. The molecule has 0 unspecified atom stereocenters. The average Bonchev–Trinajstić information content (AvgIpc) is 3.12. The SMILES string of the molecule is O=c1c2cc(NC(=S)NCCN3CCN(Cc4ccccc4)CC3)ccc2nc2n1CCCCC2. The molecule has 0 atom stereocenters. The summed E-state index contributed by atoms with van der Waals surface area (Å²) in [5.41, 5.74) is 3.01. The first-order valence-electron chi connectivity index (χ1n) is 12.7. The van der Waals surface area contributed by atoms with E-state index in [2.05, 4.69) is 50.8 Å². The molecule has 7 nitrogen and oxygen atoms in total. The van der Waals surface area contributed by atoms with Gasteiger partial charge in [-0.1, -0.05) is 36.8 Å². The second-order valence-electron chi connectivity index (χ2n) is 9.51. The normalized spacial score (nSPS) is 17.0. The molecule has 2 aromatic carbocycles. The molecule has 0 radical (unpaired) electrons. The lowest BCUT2D eigenvalue weighted by atomic mass is 10.2. The van der Waals surface area contributed by atoms with Crippen molar-refractivity contribution in [2.24, 2.45) is 0 Å². The number of rotatable bonds is 6. The first-order valence-corrected chi connectivity index (χ1v) is 13.1. The van der Waals surface area contributed by atoms with Crippen molar-refractivity contribution < 1.29 is 0 Å². The van der Waals surface area contributed by atoms with Crippen molar-refractivity contribution in [1.82, 2.24) is 24.7 Å². The number of anilines is 1. The Kier molecular flexibility index (Phi) is 7.71. The highest BCUT2D eigenvalue weighted by Crippen LogP contribution is 2.18. The topological polar surface area (TPSA) is 65.4 Å². The number of fused-ring (bicyclic) bond motifs is 2. The molecule has 1 aromatic heterocycles. The molecule has 0 amide bonds. The summed E-state index contributed by atoms with van der Waals surface area (Å²) < 4.78 is 1.86. The average molecular weight is 491 g/mol. The fraction of sp³-hybridized carbons (Fsp3) is 0.444. The molecule has 3 aromatic rings. The molecule has 35 heavy (non-hydrogen) atoms. The molecule has 1 fully saturated rings. The van der Waals surface area contributed by atoms with Crippen LogP contribution in [-0.4, -0.2) is 63.7 Å². The van der Waals surface area contributed by atoms with E-state index in [-0.39, 0.29) is 5.56 Å². The molecule has 0 bridgehead atoms. The Morgan fingerprint density at radius 1 is 0.943 bits per heavy atom. The number of benzene rings is 2. The fourth-order valence-electron chi connectivity index (χ4n) is 5.01. The predicted octanol–water partition coefficient (Wildman–Crippen LogP) is 3.23. The number of nitrogens with zero attached hydrogens (tertiary/aromatic N) is 4. The smallest absolute Gasteiger partial charge is 0.261 e. The molecule has 2 aliphatic heterocycles. The van der Waals surface area contributed by atoms with Crippen molar-refractivity contribution in [3.8, 4) is 0 Å². The van der Waals surface area contributed by atoms with E-state index in [0.717, 1.165) is 95.1 Å². The number of piperazine rings is 1. The van der Waals surface area contributed by atoms with E-state index in [0.29, 0.717) is 10.5 Å². The quantitative estimate of drug-likeness (QED) is 0.515. The Morgan fingerprint density at radius 3 is 2.57 bits per heavy atom. The molecule has 2 N–H and O–H groups in total. The Labute approximate surface area is 212 Å². The summed E-state index contributed by atoms with van der Waals surface area (Å²) in [6.07, 6.45) is 4.16. The van der Waals surface area contributed by atoms with Crippen LogP contribution in [0, 0.1) is 0 Å². The lowest BCUT2D eigenvalue weighted by Crippen LogP contribution is -2.48. The van der Waals surface area contributed by atoms with Gasteiger partial charge in [0.15, 0.2) is 5.11 Å². The summed E-state index contributed by atoms with van der Waals surface area (Å²) in [4.78, 5) is 22.8. The van der Waals surface area contributed by atoms with Crippen LogP contribution in [-0.2, 0) is 19.5 Å². The lowest BCUT2D eigenvalue weighted by molar-refractivity contribution is 0.129. The molecule has 0 spiro atoms. The first kappa shape index (κ1) is 23.9. The molecule has 0 aliphatic carbocycles. The highest BCUT2D eigenvalue weighted by atomic mass is 32.1. The van der Waals surface area contributed by atoms with Crippen molar-refractivity contribution in [2.45, 2.75) is 38.8 Å². The fourth-order valence-corrected chi connectivity index (χ4v) is 5.23. The number of hydrogen-bond donors (Lipinski definition) is 2. The van der Waals surface area contributed by atoms with Gasteiger partial charge in [-0.05, 0) is 48.8 Å². The third-order valence-electron chi connectivity index (χ3n) is 7.00. The molecule has 0 saturated carbocycles. The summed E-state index contributed by atoms with van der Waals surface area (Å²) in [6, 6.07) is 16.4. The summed E-state index contributed by atoms with van der Waals surface area (Å²) in [5.74, 6) is 0.916. The number of aromatic nitrogens is 2. The maximum absolute atomic E-state index is 13.1. The van der Waals surface area contributed by atoms with Gasteiger partial charge in [0.2, 0.25) is 0 Å². The van der Waals surface area contributed by atoms with Crippen LogP contribution in [0.25, 0.3) is 10.9 Å². The first-order chi connectivity index (χ1) is 17.2. The second kappa shape index (κ2) is 11.3. The largest absolute Gasteiger partial charge is 0.361 e. The second-order valence-corrected chi connectivity index (χ2v) is 9.92.